The lowest BCUT2D eigenvalue weighted by molar-refractivity contribution is -0.131. The molecule has 1 amide bonds. The number of benzene rings is 1. The molecule has 0 heterocycles. The van der Waals surface area contributed by atoms with Crippen LogP contribution in [0.5, 0.6) is 5.75 Å². The molecule has 0 saturated heterocycles. The predicted octanol–water partition coefficient (Wildman–Crippen LogP) is 1.18. The molecular formula is C12H16FNO3. The van der Waals surface area contributed by atoms with Crippen molar-refractivity contribution in [3.63, 3.8) is 0 Å². The van der Waals surface area contributed by atoms with E-state index in [0.717, 1.165) is 0 Å². The molecule has 0 fully saturated rings. The summed E-state index contributed by atoms with van der Waals surface area (Å²) in [5.41, 5.74) is 0.413. The highest BCUT2D eigenvalue weighted by molar-refractivity contribution is 5.77. The van der Waals surface area contributed by atoms with Gasteiger partial charge >= 0.3 is 0 Å². The van der Waals surface area contributed by atoms with Crippen LogP contribution in [0.15, 0.2) is 18.2 Å². The highest BCUT2D eigenvalue weighted by Gasteiger charge is 2.08. The second-order valence-corrected chi connectivity index (χ2v) is 3.65. The molecular weight excluding hydrogens is 225 g/mol. The number of ether oxygens (including phenoxy) is 1. The van der Waals surface area contributed by atoms with Gasteiger partial charge in [0, 0.05) is 19.7 Å². The van der Waals surface area contributed by atoms with Crippen LogP contribution >= 0.6 is 0 Å². The minimum Gasteiger partial charge on any atom is -0.484 e. The van der Waals surface area contributed by atoms with Crippen LogP contribution in [0.1, 0.15) is 12.5 Å². The molecule has 0 aliphatic rings. The standard InChI is InChI=1S/C12H16FNO3/c1-3-14(2)12(16)8-17-11-5-9(7-15)4-10(13)6-11/h4-6,15H,3,7-8H2,1-2H3. The fraction of sp³-hybridized carbons (Fsp3) is 0.417. The minimum absolute atomic E-state index is 0.140. The van der Waals surface area contributed by atoms with Gasteiger partial charge in [-0.1, -0.05) is 0 Å². The first-order valence-electron chi connectivity index (χ1n) is 5.34. The second kappa shape index (κ2) is 6.20. The van der Waals surface area contributed by atoms with Crippen molar-refractivity contribution < 1.29 is 19.0 Å². The highest BCUT2D eigenvalue weighted by atomic mass is 19.1. The molecule has 0 spiro atoms. The SMILES string of the molecule is CCN(C)C(=O)COc1cc(F)cc(CO)c1. The average Bonchev–Trinajstić information content (AvgIpc) is 2.34. The van der Waals surface area contributed by atoms with E-state index in [0.29, 0.717) is 12.1 Å². The summed E-state index contributed by atoms with van der Waals surface area (Å²) in [7, 11) is 1.66. The lowest BCUT2D eigenvalue weighted by Crippen LogP contribution is -2.31. The predicted molar refractivity (Wildman–Crippen MR) is 61.1 cm³/mol. The number of nitrogens with zero attached hydrogens (tertiary/aromatic N) is 1. The molecule has 0 aliphatic carbocycles. The average molecular weight is 241 g/mol. The molecule has 0 radical (unpaired) electrons. The van der Waals surface area contributed by atoms with Crippen LogP contribution in [0, 0.1) is 5.82 Å². The lowest BCUT2D eigenvalue weighted by atomic mass is 10.2. The van der Waals surface area contributed by atoms with Crippen molar-refractivity contribution in [2.75, 3.05) is 20.2 Å². The molecule has 1 aromatic rings. The van der Waals surface area contributed by atoms with E-state index in [1.54, 1.807) is 7.05 Å². The number of rotatable bonds is 5. The fourth-order valence-electron chi connectivity index (χ4n) is 1.23. The van der Waals surface area contributed by atoms with Gasteiger partial charge in [0.2, 0.25) is 0 Å². The van der Waals surface area contributed by atoms with Crippen molar-refractivity contribution in [1.29, 1.82) is 0 Å². The van der Waals surface area contributed by atoms with Gasteiger partial charge in [0.25, 0.3) is 5.91 Å². The Morgan fingerprint density at radius 2 is 2.18 bits per heavy atom. The van der Waals surface area contributed by atoms with Crippen LogP contribution in [-0.2, 0) is 11.4 Å². The second-order valence-electron chi connectivity index (χ2n) is 3.65. The van der Waals surface area contributed by atoms with Crippen molar-refractivity contribution in [3.8, 4) is 5.75 Å². The zero-order valence-corrected chi connectivity index (χ0v) is 9.94. The summed E-state index contributed by atoms with van der Waals surface area (Å²) in [6, 6.07) is 3.90. The van der Waals surface area contributed by atoms with Crippen molar-refractivity contribution in [3.05, 3.63) is 29.6 Å². The maximum absolute atomic E-state index is 13.1. The highest BCUT2D eigenvalue weighted by Crippen LogP contribution is 2.16. The smallest absolute Gasteiger partial charge is 0.260 e. The fourth-order valence-corrected chi connectivity index (χ4v) is 1.23. The molecule has 1 rings (SSSR count). The third kappa shape index (κ3) is 4.03. The van der Waals surface area contributed by atoms with Crippen molar-refractivity contribution in [2.24, 2.45) is 0 Å². The number of carbonyl (C=O) groups excluding carboxylic acids is 1. The largest absolute Gasteiger partial charge is 0.484 e. The topological polar surface area (TPSA) is 49.8 Å². The van der Waals surface area contributed by atoms with E-state index in [2.05, 4.69) is 0 Å². The summed E-state index contributed by atoms with van der Waals surface area (Å²) in [4.78, 5) is 13.0. The number of aliphatic hydroxyl groups excluding tert-OH is 1. The van der Waals surface area contributed by atoms with E-state index in [1.165, 1.54) is 23.1 Å². The quantitative estimate of drug-likeness (QED) is 0.842. The van der Waals surface area contributed by atoms with Crippen molar-refractivity contribution in [2.45, 2.75) is 13.5 Å². The summed E-state index contributed by atoms with van der Waals surface area (Å²) in [6.07, 6.45) is 0. The van der Waals surface area contributed by atoms with Gasteiger partial charge in [0.05, 0.1) is 6.61 Å². The maximum Gasteiger partial charge on any atom is 0.260 e. The van der Waals surface area contributed by atoms with Gasteiger partial charge in [-0.05, 0) is 24.6 Å². The molecule has 17 heavy (non-hydrogen) atoms. The van der Waals surface area contributed by atoms with Gasteiger partial charge in [-0.3, -0.25) is 4.79 Å². The van der Waals surface area contributed by atoms with Crippen LogP contribution in [0.2, 0.25) is 0 Å². The van der Waals surface area contributed by atoms with Crippen LogP contribution < -0.4 is 4.74 Å². The molecule has 0 saturated carbocycles. The van der Waals surface area contributed by atoms with Gasteiger partial charge < -0.3 is 14.7 Å². The van der Waals surface area contributed by atoms with Gasteiger partial charge in [-0.2, -0.15) is 0 Å². The number of hydrogen-bond acceptors (Lipinski definition) is 3. The number of halogens is 1. The first kappa shape index (κ1) is 13.4. The number of carbonyl (C=O) groups is 1. The Morgan fingerprint density at radius 1 is 1.47 bits per heavy atom. The van der Waals surface area contributed by atoms with E-state index in [1.807, 2.05) is 6.92 Å². The molecule has 94 valence electrons. The Kier molecular flexibility index (Phi) is 4.90. The summed E-state index contributed by atoms with van der Waals surface area (Å²) < 4.78 is 18.2. The zero-order valence-electron chi connectivity index (χ0n) is 9.94. The number of hydrogen-bond donors (Lipinski definition) is 1. The normalized spacial score (nSPS) is 10.1. The van der Waals surface area contributed by atoms with Gasteiger partial charge in [0.15, 0.2) is 6.61 Å². The van der Waals surface area contributed by atoms with Crippen molar-refractivity contribution in [1.82, 2.24) is 4.90 Å². The number of aliphatic hydroxyl groups is 1. The molecule has 1 N–H and O–H groups in total. The monoisotopic (exact) mass is 241 g/mol. The summed E-state index contributed by atoms with van der Waals surface area (Å²) in [5.74, 6) is -0.433. The zero-order chi connectivity index (χ0) is 12.8. The molecule has 5 heteroatoms. The van der Waals surface area contributed by atoms with E-state index < -0.39 is 5.82 Å². The van der Waals surface area contributed by atoms with Crippen LogP contribution in [0.25, 0.3) is 0 Å². The van der Waals surface area contributed by atoms with Gasteiger partial charge in [-0.25, -0.2) is 4.39 Å². The van der Waals surface area contributed by atoms with Crippen LogP contribution in [0.3, 0.4) is 0 Å². The molecule has 0 aliphatic heterocycles. The van der Waals surface area contributed by atoms with E-state index in [9.17, 15) is 9.18 Å². The Bertz CT molecular complexity index is 395. The van der Waals surface area contributed by atoms with Crippen LogP contribution in [-0.4, -0.2) is 36.1 Å². The lowest BCUT2D eigenvalue weighted by Gasteiger charge is -2.15. The van der Waals surface area contributed by atoms with Crippen molar-refractivity contribution >= 4 is 5.91 Å². The van der Waals surface area contributed by atoms with Crippen LogP contribution in [0.4, 0.5) is 4.39 Å². The minimum atomic E-state index is -0.497. The maximum atomic E-state index is 13.1. The molecule has 0 unspecified atom stereocenters. The summed E-state index contributed by atoms with van der Waals surface area (Å²) in [5, 5.41) is 8.89. The van der Waals surface area contributed by atoms with Gasteiger partial charge in [0.1, 0.15) is 11.6 Å². The Morgan fingerprint density at radius 3 is 2.76 bits per heavy atom. The van der Waals surface area contributed by atoms with Gasteiger partial charge in [-0.15, -0.1) is 0 Å². The van der Waals surface area contributed by atoms with E-state index in [-0.39, 0.29) is 24.9 Å². The summed E-state index contributed by atoms with van der Waals surface area (Å²) >= 11 is 0. The number of amides is 1. The molecule has 1 aromatic carbocycles. The molecule has 0 bridgehead atoms. The van der Waals surface area contributed by atoms with E-state index in [4.69, 9.17) is 9.84 Å². The summed E-state index contributed by atoms with van der Waals surface area (Å²) in [6.45, 7) is 2.03. The number of likely N-dealkylation sites (N-methyl/N-ethyl adjacent to an activating group) is 1. The first-order chi connectivity index (χ1) is 8.06. The third-order valence-electron chi connectivity index (χ3n) is 2.38. The molecule has 0 atom stereocenters. The third-order valence-corrected chi connectivity index (χ3v) is 2.38. The molecule has 0 aromatic heterocycles. The Labute approximate surface area is 99.6 Å². The van der Waals surface area contributed by atoms with E-state index >= 15 is 0 Å². The molecule has 4 nitrogen and oxygen atoms in total. The Balaban J connectivity index is 2.63. The first-order valence-corrected chi connectivity index (χ1v) is 5.34. The Hall–Kier alpha value is -1.62.